The molecule has 1 aromatic carbocycles. The number of aryl methyl sites for hydroxylation is 1. The van der Waals surface area contributed by atoms with Crippen molar-refractivity contribution in [3.05, 3.63) is 47.0 Å². The molecule has 0 bridgehead atoms. The highest BCUT2D eigenvalue weighted by atomic mass is 16.2. The van der Waals surface area contributed by atoms with E-state index in [4.69, 9.17) is 0 Å². The van der Waals surface area contributed by atoms with E-state index in [0.29, 0.717) is 23.7 Å². The summed E-state index contributed by atoms with van der Waals surface area (Å²) in [4.78, 5) is 15.1. The molecule has 3 aliphatic rings. The molecule has 2 unspecified atom stereocenters. The molecule has 1 N–H and O–H groups in total. The summed E-state index contributed by atoms with van der Waals surface area (Å²) in [6.45, 7) is 6.21. The van der Waals surface area contributed by atoms with E-state index in [9.17, 15) is 4.79 Å². The second kappa shape index (κ2) is 6.75. The quantitative estimate of drug-likeness (QED) is 0.902. The predicted octanol–water partition coefficient (Wildman–Crippen LogP) is 2.17. The third kappa shape index (κ3) is 3.27. The van der Waals surface area contributed by atoms with Gasteiger partial charge in [0.15, 0.2) is 0 Å². The van der Waals surface area contributed by atoms with Crippen molar-refractivity contribution in [3.8, 4) is 0 Å². The number of carbonyl (C=O) groups excluding carboxylic acids is 1. The highest BCUT2D eigenvalue weighted by Crippen LogP contribution is 2.33. The van der Waals surface area contributed by atoms with Gasteiger partial charge in [-0.15, -0.1) is 10.2 Å². The molecular formula is C21H27N5O. The summed E-state index contributed by atoms with van der Waals surface area (Å²) in [7, 11) is 0. The molecule has 3 heterocycles. The van der Waals surface area contributed by atoms with Crippen LogP contribution in [0.4, 0.5) is 0 Å². The Morgan fingerprint density at radius 1 is 1.19 bits per heavy atom. The minimum Gasteiger partial charge on any atom is -0.347 e. The SMILES string of the molecule is Cc1cccc(CN2CC3Cc4nnc(C(=O)NC5CCC5)n4CC3C2)c1. The van der Waals surface area contributed by atoms with E-state index in [0.717, 1.165) is 51.3 Å². The van der Waals surface area contributed by atoms with E-state index >= 15 is 0 Å². The second-order valence-electron chi connectivity index (χ2n) is 8.56. The monoisotopic (exact) mass is 365 g/mol. The first-order valence-electron chi connectivity index (χ1n) is 10.2. The summed E-state index contributed by atoms with van der Waals surface area (Å²) >= 11 is 0. The summed E-state index contributed by atoms with van der Waals surface area (Å²) in [6.07, 6.45) is 4.32. The number of rotatable bonds is 4. The lowest BCUT2D eigenvalue weighted by molar-refractivity contribution is 0.0898. The number of likely N-dealkylation sites (tertiary alicyclic amines) is 1. The lowest BCUT2D eigenvalue weighted by atomic mass is 9.89. The molecule has 2 aromatic rings. The van der Waals surface area contributed by atoms with Crippen LogP contribution in [0.1, 0.15) is 46.8 Å². The normalized spacial score (nSPS) is 24.9. The van der Waals surface area contributed by atoms with Gasteiger partial charge in [-0.1, -0.05) is 29.8 Å². The maximum absolute atomic E-state index is 12.6. The van der Waals surface area contributed by atoms with Crippen LogP contribution in [0.5, 0.6) is 0 Å². The van der Waals surface area contributed by atoms with E-state index in [-0.39, 0.29) is 5.91 Å². The number of aromatic nitrogens is 3. The van der Waals surface area contributed by atoms with Crippen LogP contribution in [-0.4, -0.2) is 44.7 Å². The van der Waals surface area contributed by atoms with E-state index < -0.39 is 0 Å². The molecule has 2 aliphatic heterocycles. The van der Waals surface area contributed by atoms with Gasteiger partial charge in [-0.2, -0.15) is 0 Å². The van der Waals surface area contributed by atoms with E-state index in [1.165, 1.54) is 17.5 Å². The Morgan fingerprint density at radius 2 is 2.04 bits per heavy atom. The van der Waals surface area contributed by atoms with Crippen molar-refractivity contribution in [1.82, 2.24) is 25.0 Å². The zero-order chi connectivity index (χ0) is 18.4. The molecule has 0 spiro atoms. The van der Waals surface area contributed by atoms with Gasteiger partial charge in [-0.25, -0.2) is 0 Å². The topological polar surface area (TPSA) is 63.1 Å². The largest absolute Gasteiger partial charge is 0.347 e. The smallest absolute Gasteiger partial charge is 0.289 e. The Labute approximate surface area is 160 Å². The Kier molecular flexibility index (Phi) is 4.23. The third-order valence-corrected chi connectivity index (χ3v) is 6.47. The van der Waals surface area contributed by atoms with E-state index in [1.807, 2.05) is 0 Å². The second-order valence-corrected chi connectivity index (χ2v) is 8.56. The Bertz CT molecular complexity index is 856. The zero-order valence-electron chi connectivity index (χ0n) is 15.9. The van der Waals surface area contributed by atoms with Crippen LogP contribution < -0.4 is 5.32 Å². The van der Waals surface area contributed by atoms with E-state index in [1.54, 1.807) is 0 Å². The molecular weight excluding hydrogens is 338 g/mol. The molecule has 1 amide bonds. The Balaban J connectivity index is 1.26. The van der Waals surface area contributed by atoms with Crippen molar-refractivity contribution in [2.75, 3.05) is 13.1 Å². The maximum atomic E-state index is 12.6. The molecule has 2 fully saturated rings. The molecule has 1 aliphatic carbocycles. The van der Waals surface area contributed by atoms with Gasteiger partial charge in [-0.05, 0) is 43.6 Å². The molecule has 6 nitrogen and oxygen atoms in total. The van der Waals surface area contributed by atoms with Gasteiger partial charge in [0.2, 0.25) is 5.82 Å². The van der Waals surface area contributed by atoms with Gasteiger partial charge >= 0.3 is 0 Å². The zero-order valence-corrected chi connectivity index (χ0v) is 15.9. The highest BCUT2D eigenvalue weighted by Gasteiger charge is 2.39. The number of benzene rings is 1. The molecule has 6 heteroatoms. The predicted molar refractivity (Wildman–Crippen MR) is 102 cm³/mol. The molecule has 1 saturated heterocycles. The number of hydrogen-bond donors (Lipinski definition) is 1. The van der Waals surface area contributed by atoms with Gasteiger partial charge < -0.3 is 9.88 Å². The van der Waals surface area contributed by atoms with Crippen molar-refractivity contribution in [2.45, 2.75) is 51.7 Å². The number of amides is 1. The Morgan fingerprint density at radius 3 is 2.81 bits per heavy atom. The first-order chi connectivity index (χ1) is 13.2. The van der Waals surface area contributed by atoms with Crippen molar-refractivity contribution in [2.24, 2.45) is 11.8 Å². The first kappa shape index (κ1) is 16.9. The van der Waals surface area contributed by atoms with Gasteiger partial charge in [-0.3, -0.25) is 9.69 Å². The van der Waals surface area contributed by atoms with Crippen molar-refractivity contribution >= 4 is 5.91 Å². The fourth-order valence-electron chi connectivity index (χ4n) is 4.79. The lowest BCUT2D eigenvalue weighted by Gasteiger charge is -2.28. The van der Waals surface area contributed by atoms with Crippen molar-refractivity contribution in [1.29, 1.82) is 0 Å². The molecule has 142 valence electrons. The van der Waals surface area contributed by atoms with Crippen LogP contribution in [0.25, 0.3) is 0 Å². The Hall–Kier alpha value is -2.21. The molecule has 27 heavy (non-hydrogen) atoms. The van der Waals surface area contributed by atoms with Crippen molar-refractivity contribution < 1.29 is 4.79 Å². The standard InChI is InChI=1S/C21H27N5O/c1-14-4-2-5-15(8-14)10-25-11-16-9-19-23-24-20(26(19)13-17(16)12-25)21(27)22-18-6-3-7-18/h2,4-5,8,16-18H,3,6-7,9-13H2,1H3,(H,22,27). The van der Waals surface area contributed by atoms with Crippen LogP contribution in [0, 0.1) is 18.8 Å². The van der Waals surface area contributed by atoms with Crippen molar-refractivity contribution in [3.63, 3.8) is 0 Å². The lowest BCUT2D eigenvalue weighted by Crippen LogP contribution is -2.41. The average molecular weight is 365 g/mol. The summed E-state index contributed by atoms with van der Waals surface area (Å²) in [6, 6.07) is 9.11. The van der Waals surface area contributed by atoms with Crippen LogP contribution in [0.2, 0.25) is 0 Å². The molecule has 1 saturated carbocycles. The summed E-state index contributed by atoms with van der Waals surface area (Å²) in [5.74, 6) is 2.63. The number of fused-ring (bicyclic) bond motifs is 2. The minimum absolute atomic E-state index is 0.0495. The fraction of sp³-hybridized carbons (Fsp3) is 0.571. The maximum Gasteiger partial charge on any atom is 0.289 e. The molecule has 5 rings (SSSR count). The number of hydrogen-bond acceptors (Lipinski definition) is 4. The van der Waals surface area contributed by atoms with Gasteiger partial charge in [0.25, 0.3) is 5.91 Å². The number of nitrogens with zero attached hydrogens (tertiary/aromatic N) is 4. The van der Waals surface area contributed by atoms with E-state index in [2.05, 4.69) is 56.2 Å². The van der Waals surface area contributed by atoms with Gasteiger partial charge in [0, 0.05) is 38.6 Å². The minimum atomic E-state index is -0.0495. The third-order valence-electron chi connectivity index (χ3n) is 6.47. The van der Waals surface area contributed by atoms with Crippen LogP contribution in [-0.2, 0) is 19.5 Å². The van der Waals surface area contributed by atoms with Gasteiger partial charge in [0.05, 0.1) is 0 Å². The highest BCUT2D eigenvalue weighted by molar-refractivity contribution is 5.91. The fourth-order valence-corrected chi connectivity index (χ4v) is 4.79. The molecule has 2 atom stereocenters. The summed E-state index contributed by atoms with van der Waals surface area (Å²) in [5.41, 5.74) is 2.70. The summed E-state index contributed by atoms with van der Waals surface area (Å²) in [5, 5.41) is 11.7. The molecule has 0 radical (unpaired) electrons. The first-order valence-corrected chi connectivity index (χ1v) is 10.2. The van der Waals surface area contributed by atoms with Gasteiger partial charge in [0.1, 0.15) is 5.82 Å². The van der Waals surface area contributed by atoms with Crippen LogP contribution in [0.15, 0.2) is 24.3 Å². The molecule has 1 aromatic heterocycles. The van der Waals surface area contributed by atoms with Crippen LogP contribution >= 0.6 is 0 Å². The number of carbonyl (C=O) groups is 1. The van der Waals surface area contributed by atoms with Crippen LogP contribution in [0.3, 0.4) is 0 Å². The number of nitrogens with one attached hydrogen (secondary N) is 1. The average Bonchev–Trinajstić information content (AvgIpc) is 3.18. The summed E-state index contributed by atoms with van der Waals surface area (Å²) < 4.78 is 2.07.